The van der Waals surface area contributed by atoms with Crippen LogP contribution in [-0.2, 0) is 5.75 Å². The molecule has 0 bridgehead atoms. The molecule has 6 nitrogen and oxygen atoms in total. The Labute approximate surface area is 158 Å². The Bertz CT molecular complexity index is 962. The van der Waals surface area contributed by atoms with Crippen LogP contribution in [0.5, 0.6) is 17.2 Å². The second-order valence-electron chi connectivity index (χ2n) is 6.20. The fourth-order valence-electron chi connectivity index (χ4n) is 2.85. The predicted octanol–water partition coefficient (Wildman–Crippen LogP) is 4.25. The van der Waals surface area contributed by atoms with Gasteiger partial charge in [-0.05, 0) is 11.6 Å². The van der Waals surface area contributed by atoms with Gasteiger partial charge in [0.25, 0.3) is 0 Å². The quantitative estimate of drug-likeness (QED) is 0.654. The summed E-state index contributed by atoms with van der Waals surface area (Å²) in [4.78, 5) is 9.60. The summed E-state index contributed by atoms with van der Waals surface area (Å²) in [6.45, 7) is 0. The Morgan fingerprint density at radius 1 is 1.19 bits per heavy atom. The lowest BCUT2D eigenvalue weighted by molar-refractivity contribution is -0.286. The SMILES string of the molecule is COc1ccc(CSc2nc3cc4c(cc3[nH]2)OC(F)(F)O4)c(N(C)C)c1. The first kappa shape index (κ1) is 17.7. The van der Waals surface area contributed by atoms with Crippen molar-refractivity contribution in [3.05, 3.63) is 35.9 Å². The number of ether oxygens (including phenoxy) is 3. The molecule has 0 atom stereocenters. The van der Waals surface area contributed by atoms with E-state index in [-0.39, 0.29) is 11.5 Å². The molecule has 4 rings (SSSR count). The van der Waals surface area contributed by atoms with Crippen LogP contribution in [0.2, 0.25) is 0 Å². The largest absolute Gasteiger partial charge is 0.586 e. The zero-order chi connectivity index (χ0) is 19.2. The second-order valence-corrected chi connectivity index (χ2v) is 7.17. The molecule has 0 saturated carbocycles. The molecule has 0 fully saturated rings. The minimum atomic E-state index is -3.63. The van der Waals surface area contributed by atoms with Crippen LogP contribution in [0.25, 0.3) is 11.0 Å². The number of nitrogens with one attached hydrogen (secondary N) is 1. The smallest absolute Gasteiger partial charge is 0.497 e. The number of methoxy groups -OCH3 is 1. The summed E-state index contributed by atoms with van der Waals surface area (Å²) < 4.78 is 40.5. The fourth-order valence-corrected chi connectivity index (χ4v) is 3.74. The van der Waals surface area contributed by atoms with Gasteiger partial charge in [0.15, 0.2) is 16.7 Å². The topological polar surface area (TPSA) is 59.6 Å². The van der Waals surface area contributed by atoms with Crippen molar-refractivity contribution >= 4 is 28.5 Å². The zero-order valence-electron chi connectivity index (χ0n) is 14.9. The third kappa shape index (κ3) is 3.46. The first-order valence-electron chi connectivity index (χ1n) is 8.11. The van der Waals surface area contributed by atoms with E-state index in [1.807, 2.05) is 37.2 Å². The molecule has 2 heterocycles. The molecular weight excluding hydrogens is 376 g/mol. The number of halogens is 2. The molecule has 3 aromatic rings. The van der Waals surface area contributed by atoms with Crippen LogP contribution >= 0.6 is 11.8 Å². The molecule has 1 aliphatic rings. The van der Waals surface area contributed by atoms with Crippen molar-refractivity contribution in [2.75, 3.05) is 26.1 Å². The Kier molecular flexibility index (Phi) is 4.26. The van der Waals surface area contributed by atoms with Crippen LogP contribution in [-0.4, -0.2) is 37.5 Å². The van der Waals surface area contributed by atoms with Crippen molar-refractivity contribution < 1.29 is 23.0 Å². The number of aromatic amines is 1. The first-order valence-corrected chi connectivity index (χ1v) is 9.10. The van der Waals surface area contributed by atoms with Gasteiger partial charge in [-0.25, -0.2) is 4.98 Å². The maximum Gasteiger partial charge on any atom is 0.586 e. The normalized spacial score (nSPS) is 14.6. The van der Waals surface area contributed by atoms with Crippen LogP contribution in [0.4, 0.5) is 14.5 Å². The lowest BCUT2D eigenvalue weighted by atomic mass is 10.2. The van der Waals surface area contributed by atoms with E-state index >= 15 is 0 Å². The number of nitrogens with zero attached hydrogens (tertiary/aromatic N) is 2. The minimum Gasteiger partial charge on any atom is -0.497 e. The highest BCUT2D eigenvalue weighted by molar-refractivity contribution is 7.98. The molecule has 1 N–H and O–H groups in total. The second kappa shape index (κ2) is 6.49. The van der Waals surface area contributed by atoms with E-state index in [1.54, 1.807) is 7.11 Å². The van der Waals surface area contributed by atoms with E-state index in [9.17, 15) is 8.78 Å². The zero-order valence-corrected chi connectivity index (χ0v) is 15.7. The minimum absolute atomic E-state index is 0.00208. The van der Waals surface area contributed by atoms with Crippen molar-refractivity contribution in [1.29, 1.82) is 0 Å². The number of rotatable bonds is 5. The summed E-state index contributed by atoms with van der Waals surface area (Å²) in [6.07, 6.45) is -3.63. The Balaban J connectivity index is 1.55. The molecular formula is C18H17F2N3O3S. The number of anilines is 1. The summed E-state index contributed by atoms with van der Waals surface area (Å²) in [7, 11) is 5.58. The monoisotopic (exact) mass is 393 g/mol. The van der Waals surface area contributed by atoms with Crippen molar-refractivity contribution in [2.45, 2.75) is 17.2 Å². The van der Waals surface area contributed by atoms with Crippen LogP contribution in [0.15, 0.2) is 35.5 Å². The molecule has 0 radical (unpaired) electrons. The number of thioether (sulfide) groups is 1. The van der Waals surface area contributed by atoms with Gasteiger partial charge in [0, 0.05) is 43.7 Å². The van der Waals surface area contributed by atoms with Crippen molar-refractivity contribution in [1.82, 2.24) is 9.97 Å². The summed E-state index contributed by atoms with van der Waals surface area (Å²) in [6, 6.07) is 8.84. The number of benzene rings is 2. The number of H-pyrrole nitrogens is 1. The number of aromatic nitrogens is 2. The van der Waals surface area contributed by atoms with Crippen LogP contribution in [0.3, 0.4) is 0 Å². The summed E-state index contributed by atoms with van der Waals surface area (Å²) in [5.41, 5.74) is 3.33. The molecule has 0 saturated heterocycles. The van der Waals surface area contributed by atoms with E-state index in [4.69, 9.17) is 4.74 Å². The summed E-state index contributed by atoms with van der Waals surface area (Å²) in [5, 5.41) is 0.681. The Morgan fingerprint density at radius 2 is 1.93 bits per heavy atom. The van der Waals surface area contributed by atoms with Gasteiger partial charge in [-0.1, -0.05) is 17.8 Å². The van der Waals surface area contributed by atoms with Crippen LogP contribution in [0, 0.1) is 0 Å². The molecule has 1 aliphatic heterocycles. The third-order valence-electron chi connectivity index (χ3n) is 4.12. The maximum atomic E-state index is 13.1. The van der Waals surface area contributed by atoms with Gasteiger partial charge in [0.05, 0.1) is 18.1 Å². The van der Waals surface area contributed by atoms with Gasteiger partial charge < -0.3 is 24.1 Å². The lowest BCUT2D eigenvalue weighted by Gasteiger charge is -2.18. The molecule has 1 aromatic heterocycles. The van der Waals surface area contributed by atoms with Gasteiger partial charge in [0.2, 0.25) is 0 Å². The average molecular weight is 393 g/mol. The lowest BCUT2D eigenvalue weighted by Crippen LogP contribution is -2.25. The summed E-state index contributed by atoms with van der Waals surface area (Å²) in [5.74, 6) is 1.46. The number of fused-ring (bicyclic) bond motifs is 2. The van der Waals surface area contributed by atoms with E-state index in [1.165, 1.54) is 23.9 Å². The number of imidazole rings is 1. The number of hydrogen-bond donors (Lipinski definition) is 1. The highest BCUT2D eigenvalue weighted by Crippen LogP contribution is 2.43. The molecule has 0 unspecified atom stereocenters. The van der Waals surface area contributed by atoms with Gasteiger partial charge in [-0.15, -0.1) is 8.78 Å². The fraction of sp³-hybridized carbons (Fsp3) is 0.278. The molecule has 142 valence electrons. The Hall–Kier alpha value is -2.68. The maximum absolute atomic E-state index is 13.1. The van der Waals surface area contributed by atoms with Crippen LogP contribution in [0.1, 0.15) is 5.56 Å². The molecule has 0 aliphatic carbocycles. The highest BCUT2D eigenvalue weighted by Gasteiger charge is 2.43. The van der Waals surface area contributed by atoms with E-state index in [0.29, 0.717) is 21.9 Å². The van der Waals surface area contributed by atoms with Gasteiger partial charge in [-0.2, -0.15) is 0 Å². The molecule has 2 aromatic carbocycles. The number of alkyl halides is 2. The molecule has 9 heteroatoms. The van der Waals surface area contributed by atoms with E-state index in [2.05, 4.69) is 19.4 Å². The van der Waals surface area contributed by atoms with Crippen molar-refractivity contribution in [3.8, 4) is 17.2 Å². The predicted molar refractivity (Wildman–Crippen MR) is 99.2 cm³/mol. The molecule has 0 amide bonds. The van der Waals surface area contributed by atoms with E-state index < -0.39 is 6.29 Å². The summed E-state index contributed by atoms with van der Waals surface area (Å²) >= 11 is 1.52. The van der Waals surface area contributed by atoms with Crippen molar-refractivity contribution in [3.63, 3.8) is 0 Å². The van der Waals surface area contributed by atoms with Gasteiger partial charge in [0.1, 0.15) is 5.75 Å². The third-order valence-corrected chi connectivity index (χ3v) is 5.04. The molecule has 0 spiro atoms. The standard InChI is InChI=1S/C18H17F2N3O3S/c1-23(2)14-6-11(24-3)5-4-10(14)9-27-17-21-12-7-15-16(8-13(12)22-17)26-18(19,20)25-15/h4-8H,9H2,1-3H3,(H,21,22). The van der Waals surface area contributed by atoms with Crippen molar-refractivity contribution in [2.24, 2.45) is 0 Å². The van der Waals surface area contributed by atoms with Gasteiger partial charge >= 0.3 is 6.29 Å². The molecule has 27 heavy (non-hydrogen) atoms. The van der Waals surface area contributed by atoms with E-state index in [0.717, 1.165) is 17.0 Å². The van der Waals surface area contributed by atoms with Gasteiger partial charge in [-0.3, -0.25) is 0 Å². The highest BCUT2D eigenvalue weighted by atomic mass is 32.2. The average Bonchev–Trinajstić information content (AvgIpc) is 3.14. The van der Waals surface area contributed by atoms with Crippen LogP contribution < -0.4 is 19.1 Å². The first-order chi connectivity index (χ1) is 12.8. The number of hydrogen-bond acceptors (Lipinski definition) is 6. The Morgan fingerprint density at radius 3 is 2.63 bits per heavy atom.